The zero-order valence-electron chi connectivity index (χ0n) is 17.1. The van der Waals surface area contributed by atoms with Crippen LogP contribution in [0.1, 0.15) is 27.9 Å². The lowest BCUT2D eigenvalue weighted by Gasteiger charge is -2.17. The van der Waals surface area contributed by atoms with Gasteiger partial charge in [-0.1, -0.05) is 30.3 Å². The van der Waals surface area contributed by atoms with Crippen molar-refractivity contribution in [3.05, 3.63) is 89.5 Å². The van der Waals surface area contributed by atoms with Crippen molar-refractivity contribution in [1.29, 1.82) is 0 Å². The van der Waals surface area contributed by atoms with Crippen molar-refractivity contribution in [2.24, 2.45) is 0 Å². The highest BCUT2D eigenvalue weighted by atomic mass is 32.2. The van der Waals surface area contributed by atoms with E-state index in [4.69, 9.17) is 4.74 Å². The molecule has 3 aromatic carbocycles. The van der Waals surface area contributed by atoms with Crippen LogP contribution in [0.15, 0.2) is 77.7 Å². The number of benzene rings is 3. The first-order valence-electron chi connectivity index (χ1n) is 10.3. The van der Waals surface area contributed by atoms with Crippen molar-refractivity contribution in [3.8, 4) is 5.75 Å². The normalized spacial score (nSPS) is 12.6. The predicted octanol–water partition coefficient (Wildman–Crippen LogP) is 4.67. The standard InChI is InChI=1S/C25H24N2O3S/c28-24-13-8-20-16-21(9-12-23(20)27-24)30-15-14-26-25(29)19-6-10-22(11-7-19)31-17-18-4-2-1-3-5-18/h1-7,9-12,16H,8,13-15,17H2,(H,26,29)(H,27,28). The van der Waals surface area contributed by atoms with Gasteiger partial charge in [-0.3, -0.25) is 9.59 Å². The molecule has 0 aliphatic carbocycles. The molecule has 0 aromatic heterocycles. The molecule has 6 heteroatoms. The second kappa shape index (κ2) is 10.2. The predicted molar refractivity (Wildman–Crippen MR) is 124 cm³/mol. The molecule has 0 bridgehead atoms. The molecule has 0 unspecified atom stereocenters. The minimum absolute atomic E-state index is 0.0479. The Morgan fingerprint density at radius 3 is 2.61 bits per heavy atom. The maximum Gasteiger partial charge on any atom is 0.251 e. The first-order chi connectivity index (χ1) is 15.2. The highest BCUT2D eigenvalue weighted by Crippen LogP contribution is 2.27. The van der Waals surface area contributed by atoms with Gasteiger partial charge in [0, 0.05) is 28.3 Å². The van der Waals surface area contributed by atoms with E-state index in [-0.39, 0.29) is 11.8 Å². The van der Waals surface area contributed by atoms with Crippen molar-refractivity contribution in [3.63, 3.8) is 0 Å². The number of hydrogen-bond donors (Lipinski definition) is 2. The summed E-state index contributed by atoms with van der Waals surface area (Å²) in [7, 11) is 0. The van der Waals surface area contributed by atoms with E-state index in [9.17, 15) is 9.59 Å². The molecule has 0 saturated carbocycles. The Balaban J connectivity index is 1.20. The van der Waals surface area contributed by atoms with E-state index in [1.54, 1.807) is 11.8 Å². The van der Waals surface area contributed by atoms with Crippen molar-refractivity contribution in [2.45, 2.75) is 23.5 Å². The largest absolute Gasteiger partial charge is 0.492 e. The van der Waals surface area contributed by atoms with Crippen LogP contribution in [0.4, 0.5) is 5.69 Å². The number of hydrogen-bond acceptors (Lipinski definition) is 4. The maximum absolute atomic E-state index is 12.4. The van der Waals surface area contributed by atoms with Gasteiger partial charge < -0.3 is 15.4 Å². The van der Waals surface area contributed by atoms with Gasteiger partial charge in [0.15, 0.2) is 0 Å². The Morgan fingerprint density at radius 1 is 1.00 bits per heavy atom. The Labute approximate surface area is 186 Å². The van der Waals surface area contributed by atoms with E-state index < -0.39 is 0 Å². The number of fused-ring (bicyclic) bond motifs is 1. The lowest BCUT2D eigenvalue weighted by molar-refractivity contribution is -0.116. The number of carbonyl (C=O) groups is 2. The van der Waals surface area contributed by atoms with Crippen LogP contribution >= 0.6 is 11.8 Å². The monoisotopic (exact) mass is 432 g/mol. The summed E-state index contributed by atoms with van der Waals surface area (Å²) in [5, 5.41) is 5.74. The summed E-state index contributed by atoms with van der Waals surface area (Å²) in [6, 6.07) is 23.6. The van der Waals surface area contributed by atoms with Gasteiger partial charge in [0.25, 0.3) is 5.91 Å². The Hall–Kier alpha value is -3.25. The van der Waals surface area contributed by atoms with E-state index in [0.29, 0.717) is 31.6 Å². The zero-order chi connectivity index (χ0) is 21.5. The van der Waals surface area contributed by atoms with Gasteiger partial charge in [0.2, 0.25) is 5.91 Å². The van der Waals surface area contributed by atoms with Crippen LogP contribution in [-0.4, -0.2) is 25.0 Å². The van der Waals surface area contributed by atoms with Crippen LogP contribution in [0.5, 0.6) is 5.75 Å². The molecule has 3 aromatic rings. The van der Waals surface area contributed by atoms with E-state index >= 15 is 0 Å². The van der Waals surface area contributed by atoms with Crippen molar-refractivity contribution in [2.75, 3.05) is 18.5 Å². The van der Waals surface area contributed by atoms with Gasteiger partial charge in [-0.2, -0.15) is 0 Å². The summed E-state index contributed by atoms with van der Waals surface area (Å²) in [5.74, 6) is 1.57. The van der Waals surface area contributed by atoms with E-state index in [1.165, 1.54) is 5.56 Å². The topological polar surface area (TPSA) is 67.4 Å². The molecular weight excluding hydrogens is 408 g/mol. The van der Waals surface area contributed by atoms with E-state index in [0.717, 1.165) is 27.6 Å². The average Bonchev–Trinajstić information content (AvgIpc) is 2.81. The Bertz CT molecular complexity index is 1050. The molecule has 158 valence electrons. The molecule has 0 radical (unpaired) electrons. The Morgan fingerprint density at radius 2 is 1.81 bits per heavy atom. The third-order valence-corrected chi connectivity index (χ3v) is 6.08. The molecule has 0 atom stereocenters. The number of ether oxygens (including phenoxy) is 1. The van der Waals surface area contributed by atoms with Crippen LogP contribution < -0.4 is 15.4 Å². The zero-order valence-corrected chi connectivity index (χ0v) is 17.9. The number of thioether (sulfide) groups is 1. The highest BCUT2D eigenvalue weighted by Gasteiger charge is 2.15. The number of rotatable bonds is 8. The summed E-state index contributed by atoms with van der Waals surface area (Å²) in [5.41, 5.74) is 3.83. The number of amides is 2. The highest BCUT2D eigenvalue weighted by molar-refractivity contribution is 7.98. The number of carbonyl (C=O) groups excluding carboxylic acids is 2. The fourth-order valence-corrected chi connectivity index (χ4v) is 4.18. The summed E-state index contributed by atoms with van der Waals surface area (Å²) in [6.45, 7) is 0.791. The molecule has 1 aliphatic rings. The van der Waals surface area contributed by atoms with Gasteiger partial charge in [0.05, 0.1) is 6.54 Å². The van der Waals surface area contributed by atoms with Crippen molar-refractivity contribution < 1.29 is 14.3 Å². The molecule has 0 spiro atoms. The molecular formula is C25H24N2O3S. The van der Waals surface area contributed by atoms with E-state index in [2.05, 4.69) is 22.8 Å². The molecule has 31 heavy (non-hydrogen) atoms. The van der Waals surface area contributed by atoms with Crippen LogP contribution in [0.2, 0.25) is 0 Å². The third kappa shape index (κ3) is 5.89. The average molecular weight is 433 g/mol. The second-order valence-electron chi connectivity index (χ2n) is 7.27. The fourth-order valence-electron chi connectivity index (χ4n) is 3.33. The second-order valence-corrected chi connectivity index (χ2v) is 8.32. The summed E-state index contributed by atoms with van der Waals surface area (Å²) in [6.07, 6.45) is 1.21. The smallest absolute Gasteiger partial charge is 0.251 e. The molecule has 1 aliphatic heterocycles. The summed E-state index contributed by atoms with van der Waals surface area (Å²) < 4.78 is 5.75. The first kappa shape index (κ1) is 21.0. The van der Waals surface area contributed by atoms with Crippen molar-refractivity contribution >= 4 is 29.3 Å². The molecule has 1 heterocycles. The van der Waals surface area contributed by atoms with Crippen LogP contribution in [-0.2, 0) is 17.0 Å². The van der Waals surface area contributed by atoms with Crippen LogP contribution in [0.25, 0.3) is 0 Å². The molecule has 4 rings (SSSR count). The lowest BCUT2D eigenvalue weighted by Crippen LogP contribution is -2.28. The van der Waals surface area contributed by atoms with Gasteiger partial charge in [-0.15, -0.1) is 11.8 Å². The molecule has 0 fully saturated rings. The minimum atomic E-state index is -0.114. The van der Waals surface area contributed by atoms with Crippen molar-refractivity contribution in [1.82, 2.24) is 5.32 Å². The van der Waals surface area contributed by atoms with Gasteiger partial charge in [0.1, 0.15) is 12.4 Å². The minimum Gasteiger partial charge on any atom is -0.492 e. The van der Waals surface area contributed by atoms with E-state index in [1.807, 2.05) is 60.7 Å². The van der Waals surface area contributed by atoms with Gasteiger partial charge in [-0.25, -0.2) is 0 Å². The molecule has 5 nitrogen and oxygen atoms in total. The lowest BCUT2D eigenvalue weighted by atomic mass is 10.0. The van der Waals surface area contributed by atoms with Gasteiger partial charge >= 0.3 is 0 Å². The Kier molecular flexibility index (Phi) is 6.89. The van der Waals surface area contributed by atoms with Crippen LogP contribution in [0, 0.1) is 0 Å². The number of anilines is 1. The van der Waals surface area contributed by atoms with Gasteiger partial charge in [-0.05, 0) is 60.0 Å². The number of aryl methyl sites for hydroxylation is 1. The van der Waals surface area contributed by atoms with Crippen LogP contribution in [0.3, 0.4) is 0 Å². The SMILES string of the molecule is O=C1CCc2cc(OCCNC(=O)c3ccc(SCc4ccccc4)cc3)ccc2N1. The third-order valence-electron chi connectivity index (χ3n) is 4.99. The molecule has 0 saturated heterocycles. The summed E-state index contributed by atoms with van der Waals surface area (Å²) >= 11 is 1.75. The number of nitrogens with one attached hydrogen (secondary N) is 2. The quantitative estimate of drug-likeness (QED) is 0.401. The first-order valence-corrected chi connectivity index (χ1v) is 11.3. The maximum atomic E-state index is 12.4. The molecule has 2 N–H and O–H groups in total. The molecule has 2 amide bonds. The fraction of sp³-hybridized carbons (Fsp3) is 0.200. The summed E-state index contributed by atoms with van der Waals surface area (Å²) in [4.78, 5) is 24.9.